The molecule has 0 radical (unpaired) electrons. The molecule has 1 rings (SSSR count). The molecule has 1 aromatic carbocycles. The SMILES string of the molecule is Cc1cc(C(=O)OC(C)CC(C)C)ccc1F. The minimum atomic E-state index is -0.388. The number of benzene rings is 1. The lowest BCUT2D eigenvalue weighted by molar-refractivity contribution is 0.0299. The van der Waals surface area contributed by atoms with Crippen molar-refractivity contribution < 1.29 is 13.9 Å². The standard InChI is InChI=1S/C14H19FO2/c1-9(2)7-11(4)17-14(16)12-5-6-13(15)10(3)8-12/h5-6,8-9,11H,7H2,1-4H3. The van der Waals surface area contributed by atoms with Crippen LogP contribution in [0.4, 0.5) is 4.39 Å². The highest BCUT2D eigenvalue weighted by Gasteiger charge is 2.14. The normalized spacial score (nSPS) is 12.6. The first kappa shape index (κ1) is 13.7. The molecule has 1 atom stereocenters. The van der Waals surface area contributed by atoms with Gasteiger partial charge in [0.15, 0.2) is 0 Å². The topological polar surface area (TPSA) is 26.3 Å². The molecule has 2 nitrogen and oxygen atoms in total. The Balaban J connectivity index is 2.66. The Morgan fingerprint density at radius 2 is 2.00 bits per heavy atom. The molecule has 0 spiro atoms. The highest BCUT2D eigenvalue weighted by atomic mass is 19.1. The van der Waals surface area contributed by atoms with E-state index < -0.39 is 0 Å². The number of hydrogen-bond acceptors (Lipinski definition) is 2. The van der Waals surface area contributed by atoms with E-state index in [0.717, 1.165) is 6.42 Å². The van der Waals surface area contributed by atoms with E-state index in [4.69, 9.17) is 4.74 Å². The molecule has 0 saturated heterocycles. The summed E-state index contributed by atoms with van der Waals surface area (Å²) >= 11 is 0. The first-order chi connectivity index (χ1) is 7.90. The Kier molecular flexibility index (Phi) is 4.67. The summed E-state index contributed by atoms with van der Waals surface area (Å²) in [4.78, 5) is 11.8. The van der Waals surface area contributed by atoms with Crippen LogP contribution in [-0.4, -0.2) is 12.1 Å². The van der Waals surface area contributed by atoms with Crippen molar-refractivity contribution in [2.24, 2.45) is 5.92 Å². The molecule has 0 aliphatic carbocycles. The lowest BCUT2D eigenvalue weighted by Crippen LogP contribution is -2.17. The summed E-state index contributed by atoms with van der Waals surface area (Å²) in [6.45, 7) is 7.65. The first-order valence-electron chi connectivity index (χ1n) is 5.87. The van der Waals surface area contributed by atoms with Crippen LogP contribution in [0, 0.1) is 18.7 Å². The first-order valence-corrected chi connectivity index (χ1v) is 5.87. The van der Waals surface area contributed by atoms with Gasteiger partial charge in [-0.25, -0.2) is 9.18 Å². The van der Waals surface area contributed by atoms with Gasteiger partial charge in [0.05, 0.1) is 11.7 Å². The van der Waals surface area contributed by atoms with Crippen molar-refractivity contribution in [3.05, 3.63) is 35.1 Å². The van der Waals surface area contributed by atoms with Gasteiger partial charge in [0.2, 0.25) is 0 Å². The summed E-state index contributed by atoms with van der Waals surface area (Å²) in [6, 6.07) is 4.26. The molecule has 1 aromatic rings. The van der Waals surface area contributed by atoms with Gasteiger partial charge in [0, 0.05) is 0 Å². The van der Waals surface area contributed by atoms with Gasteiger partial charge in [-0.15, -0.1) is 0 Å². The van der Waals surface area contributed by atoms with E-state index in [1.165, 1.54) is 18.2 Å². The Bertz CT molecular complexity index is 399. The second kappa shape index (κ2) is 5.80. The highest BCUT2D eigenvalue weighted by Crippen LogP contribution is 2.13. The second-order valence-electron chi connectivity index (χ2n) is 4.81. The van der Waals surface area contributed by atoms with Gasteiger partial charge < -0.3 is 4.74 Å². The van der Waals surface area contributed by atoms with E-state index in [0.29, 0.717) is 17.0 Å². The molecule has 0 amide bonds. The molecule has 0 bridgehead atoms. The van der Waals surface area contributed by atoms with E-state index in [2.05, 4.69) is 13.8 Å². The summed E-state index contributed by atoms with van der Waals surface area (Å²) in [6.07, 6.45) is 0.708. The van der Waals surface area contributed by atoms with Gasteiger partial charge in [-0.3, -0.25) is 0 Å². The van der Waals surface area contributed by atoms with Crippen LogP contribution >= 0.6 is 0 Å². The number of carbonyl (C=O) groups excluding carboxylic acids is 1. The molecule has 0 fully saturated rings. The number of ether oxygens (including phenoxy) is 1. The molecule has 0 aliphatic heterocycles. The summed E-state index contributed by atoms with van der Waals surface area (Å²) in [5.74, 6) is -0.217. The monoisotopic (exact) mass is 238 g/mol. The third-order valence-electron chi connectivity index (χ3n) is 2.51. The summed E-state index contributed by atoms with van der Waals surface area (Å²) < 4.78 is 18.3. The van der Waals surface area contributed by atoms with Crippen molar-refractivity contribution >= 4 is 5.97 Å². The maximum absolute atomic E-state index is 13.0. The smallest absolute Gasteiger partial charge is 0.338 e. The van der Waals surface area contributed by atoms with Crippen LogP contribution in [0.1, 0.15) is 43.1 Å². The molecule has 0 saturated carbocycles. The number of halogens is 1. The van der Waals surface area contributed by atoms with Crippen molar-refractivity contribution in [2.45, 2.75) is 40.2 Å². The summed E-state index contributed by atoms with van der Waals surface area (Å²) in [7, 11) is 0. The van der Waals surface area contributed by atoms with Crippen molar-refractivity contribution in [2.75, 3.05) is 0 Å². The number of aryl methyl sites for hydroxylation is 1. The van der Waals surface area contributed by atoms with E-state index in [9.17, 15) is 9.18 Å². The number of esters is 1. The van der Waals surface area contributed by atoms with Crippen LogP contribution in [0.25, 0.3) is 0 Å². The number of hydrogen-bond donors (Lipinski definition) is 0. The van der Waals surface area contributed by atoms with Gasteiger partial charge >= 0.3 is 5.97 Å². The molecule has 94 valence electrons. The average molecular weight is 238 g/mol. The zero-order valence-corrected chi connectivity index (χ0v) is 10.8. The lowest BCUT2D eigenvalue weighted by Gasteiger charge is -2.15. The lowest BCUT2D eigenvalue weighted by atomic mass is 10.1. The average Bonchev–Trinajstić information content (AvgIpc) is 2.20. The Labute approximate surface area is 102 Å². The third kappa shape index (κ3) is 4.17. The summed E-state index contributed by atoms with van der Waals surface area (Å²) in [5.41, 5.74) is 0.857. The predicted octanol–water partition coefficient (Wildman–Crippen LogP) is 3.73. The molecule has 0 N–H and O–H groups in total. The van der Waals surface area contributed by atoms with E-state index in [-0.39, 0.29) is 17.9 Å². The van der Waals surface area contributed by atoms with E-state index in [1.54, 1.807) is 6.92 Å². The predicted molar refractivity (Wildman–Crippen MR) is 65.5 cm³/mol. The highest BCUT2D eigenvalue weighted by molar-refractivity contribution is 5.89. The molecular weight excluding hydrogens is 219 g/mol. The molecule has 3 heteroatoms. The van der Waals surface area contributed by atoms with Crippen LogP contribution in [0.2, 0.25) is 0 Å². The van der Waals surface area contributed by atoms with Crippen LogP contribution in [0.3, 0.4) is 0 Å². The molecular formula is C14H19FO2. The van der Waals surface area contributed by atoms with Crippen LogP contribution in [-0.2, 0) is 4.74 Å². The molecule has 0 aromatic heterocycles. The number of carbonyl (C=O) groups is 1. The zero-order chi connectivity index (χ0) is 13.0. The summed E-state index contributed by atoms with van der Waals surface area (Å²) in [5, 5.41) is 0. The molecule has 17 heavy (non-hydrogen) atoms. The van der Waals surface area contributed by atoms with Crippen molar-refractivity contribution in [1.29, 1.82) is 0 Å². The molecule has 0 aliphatic rings. The van der Waals surface area contributed by atoms with Gasteiger partial charge in [0.1, 0.15) is 5.82 Å². The zero-order valence-electron chi connectivity index (χ0n) is 10.8. The van der Waals surface area contributed by atoms with E-state index >= 15 is 0 Å². The molecule has 0 heterocycles. The Morgan fingerprint density at radius 1 is 1.35 bits per heavy atom. The van der Waals surface area contributed by atoms with Gasteiger partial charge in [-0.05, 0) is 49.9 Å². The molecule has 1 unspecified atom stereocenters. The van der Waals surface area contributed by atoms with Gasteiger partial charge in [-0.1, -0.05) is 13.8 Å². The van der Waals surface area contributed by atoms with Crippen molar-refractivity contribution in [1.82, 2.24) is 0 Å². The van der Waals surface area contributed by atoms with Gasteiger partial charge in [0.25, 0.3) is 0 Å². The van der Waals surface area contributed by atoms with Crippen LogP contribution < -0.4 is 0 Å². The largest absolute Gasteiger partial charge is 0.459 e. The fourth-order valence-corrected chi connectivity index (χ4v) is 1.73. The minimum Gasteiger partial charge on any atom is -0.459 e. The van der Waals surface area contributed by atoms with Crippen molar-refractivity contribution in [3.8, 4) is 0 Å². The quantitative estimate of drug-likeness (QED) is 0.747. The van der Waals surface area contributed by atoms with Crippen LogP contribution in [0.15, 0.2) is 18.2 Å². The fourth-order valence-electron chi connectivity index (χ4n) is 1.73. The Hall–Kier alpha value is -1.38. The minimum absolute atomic E-state index is 0.118. The van der Waals surface area contributed by atoms with Gasteiger partial charge in [-0.2, -0.15) is 0 Å². The second-order valence-corrected chi connectivity index (χ2v) is 4.81. The van der Waals surface area contributed by atoms with E-state index in [1.807, 2.05) is 6.92 Å². The van der Waals surface area contributed by atoms with Crippen molar-refractivity contribution in [3.63, 3.8) is 0 Å². The maximum Gasteiger partial charge on any atom is 0.338 e. The number of rotatable bonds is 4. The maximum atomic E-state index is 13.0. The Morgan fingerprint density at radius 3 is 2.53 bits per heavy atom. The fraction of sp³-hybridized carbons (Fsp3) is 0.500. The van der Waals surface area contributed by atoms with Crippen LogP contribution in [0.5, 0.6) is 0 Å². The third-order valence-corrected chi connectivity index (χ3v) is 2.51.